The number of carbonyl (C=O) groups excluding carboxylic acids is 1. The number of piperidine rings is 1. The quantitative estimate of drug-likeness (QED) is 0.472. The van der Waals surface area contributed by atoms with Gasteiger partial charge < -0.3 is 15.0 Å². The molecule has 0 spiro atoms. The third-order valence-electron chi connectivity index (χ3n) is 5.61. The molecule has 4 heterocycles. The molecular weight excluding hydrogens is 443 g/mol. The zero-order valence-corrected chi connectivity index (χ0v) is 18.7. The van der Waals surface area contributed by atoms with Crippen LogP contribution in [-0.2, 0) is 4.74 Å². The fourth-order valence-electron chi connectivity index (χ4n) is 3.99. The van der Waals surface area contributed by atoms with E-state index >= 15 is 0 Å². The zero-order valence-electron chi connectivity index (χ0n) is 18.7. The first-order valence-corrected chi connectivity index (χ1v) is 10.9. The van der Waals surface area contributed by atoms with Crippen molar-refractivity contribution >= 4 is 23.2 Å². The monoisotopic (exact) mass is 466 g/mol. The molecule has 3 aromatic heterocycles. The highest BCUT2D eigenvalue weighted by Crippen LogP contribution is 2.29. The van der Waals surface area contributed by atoms with Crippen LogP contribution >= 0.6 is 0 Å². The van der Waals surface area contributed by atoms with Crippen molar-refractivity contribution < 1.29 is 13.9 Å². The van der Waals surface area contributed by atoms with Crippen molar-refractivity contribution in [3.05, 3.63) is 48.6 Å². The van der Waals surface area contributed by atoms with Crippen molar-refractivity contribution in [1.82, 2.24) is 44.7 Å². The van der Waals surface area contributed by atoms with E-state index in [1.54, 1.807) is 29.4 Å². The van der Waals surface area contributed by atoms with Gasteiger partial charge in [-0.05, 0) is 55.3 Å². The smallest absolute Gasteiger partial charge is 0.410 e. The fraction of sp³-hybridized carbons (Fsp3) is 0.381. The highest BCUT2D eigenvalue weighted by atomic mass is 19.1. The molecule has 1 saturated heterocycles. The Bertz CT molecular complexity index is 1300. The Balaban J connectivity index is 1.32. The number of carbonyl (C=O) groups is 1. The number of likely N-dealkylation sites (tertiary alicyclic amines) is 1. The topological polar surface area (TPSA) is 128 Å². The number of benzene rings is 1. The van der Waals surface area contributed by atoms with Crippen LogP contribution in [0.5, 0.6) is 0 Å². The van der Waals surface area contributed by atoms with Crippen LogP contribution in [0.3, 0.4) is 0 Å². The Morgan fingerprint density at radius 2 is 2.06 bits per heavy atom. The third-order valence-corrected chi connectivity index (χ3v) is 5.61. The first kappa shape index (κ1) is 21.7. The number of fused-ring (bicyclic) bond motifs is 1. The Hall–Kier alpha value is -4.16. The van der Waals surface area contributed by atoms with E-state index in [1.807, 2.05) is 18.2 Å². The lowest BCUT2D eigenvalue weighted by Crippen LogP contribution is -2.39. The van der Waals surface area contributed by atoms with Crippen LogP contribution < -0.4 is 5.32 Å². The van der Waals surface area contributed by atoms with Crippen LogP contribution in [0.2, 0.25) is 0 Å². The molecule has 176 valence electrons. The van der Waals surface area contributed by atoms with Crippen molar-refractivity contribution in [2.75, 3.05) is 18.4 Å². The average Bonchev–Trinajstić information content (AvgIpc) is 3.50. The summed E-state index contributed by atoms with van der Waals surface area (Å²) >= 11 is 0. The molecule has 1 aliphatic rings. The standard InChI is InChI=1S/C21H23FN10O2/c1-13(2)34-21(33)30-8-5-14(6-9-30)19-26-27-20-18(23-7-10-31(19)20)25-15-3-4-17(16(22)11-15)32-12-24-28-29-32/h3-4,7,10-14H,5-6,8-9H2,1-2H3,(H,23,25). The average molecular weight is 466 g/mol. The van der Waals surface area contributed by atoms with Crippen molar-refractivity contribution in [2.24, 2.45) is 0 Å². The van der Waals surface area contributed by atoms with E-state index in [2.05, 4.69) is 36.0 Å². The fourth-order valence-corrected chi connectivity index (χ4v) is 3.99. The number of halogens is 1. The van der Waals surface area contributed by atoms with E-state index in [0.717, 1.165) is 18.7 Å². The Morgan fingerprint density at radius 1 is 1.24 bits per heavy atom. The van der Waals surface area contributed by atoms with E-state index in [1.165, 1.54) is 17.1 Å². The summed E-state index contributed by atoms with van der Waals surface area (Å²) in [6, 6.07) is 4.61. The molecule has 5 rings (SSSR count). The van der Waals surface area contributed by atoms with Crippen LogP contribution in [0, 0.1) is 5.82 Å². The van der Waals surface area contributed by atoms with Crippen LogP contribution in [0.1, 0.15) is 38.4 Å². The number of tetrazole rings is 1. The van der Waals surface area contributed by atoms with Crippen LogP contribution in [0.15, 0.2) is 36.9 Å². The first-order chi connectivity index (χ1) is 16.5. The van der Waals surface area contributed by atoms with Gasteiger partial charge in [0.15, 0.2) is 11.6 Å². The number of amides is 1. The highest BCUT2D eigenvalue weighted by molar-refractivity contribution is 5.70. The maximum Gasteiger partial charge on any atom is 0.410 e. The predicted molar refractivity (Wildman–Crippen MR) is 118 cm³/mol. The van der Waals surface area contributed by atoms with Gasteiger partial charge in [-0.15, -0.1) is 15.3 Å². The lowest BCUT2D eigenvalue weighted by atomic mass is 9.96. The van der Waals surface area contributed by atoms with Crippen molar-refractivity contribution in [3.63, 3.8) is 0 Å². The molecule has 1 N–H and O–H groups in total. The molecule has 12 nitrogen and oxygen atoms in total. The van der Waals surface area contributed by atoms with Gasteiger partial charge in [-0.2, -0.15) is 4.68 Å². The van der Waals surface area contributed by atoms with E-state index < -0.39 is 5.82 Å². The number of rotatable bonds is 5. The van der Waals surface area contributed by atoms with Crippen LogP contribution in [-0.4, -0.2) is 70.0 Å². The summed E-state index contributed by atoms with van der Waals surface area (Å²) in [6.07, 6.45) is 5.84. The van der Waals surface area contributed by atoms with Gasteiger partial charge in [0, 0.05) is 37.1 Å². The van der Waals surface area contributed by atoms with Gasteiger partial charge >= 0.3 is 6.09 Å². The van der Waals surface area contributed by atoms with Crippen LogP contribution in [0.4, 0.5) is 20.7 Å². The second kappa shape index (κ2) is 9.00. The molecule has 1 amide bonds. The lowest BCUT2D eigenvalue weighted by Gasteiger charge is -2.31. The van der Waals surface area contributed by atoms with Gasteiger partial charge in [0.1, 0.15) is 17.8 Å². The minimum atomic E-state index is -0.492. The van der Waals surface area contributed by atoms with Crippen LogP contribution in [0.25, 0.3) is 11.3 Å². The highest BCUT2D eigenvalue weighted by Gasteiger charge is 2.28. The van der Waals surface area contributed by atoms with Gasteiger partial charge in [0.25, 0.3) is 0 Å². The number of hydrogen-bond donors (Lipinski definition) is 1. The SMILES string of the molecule is CC(C)OC(=O)N1CCC(c2nnc3c(Nc4ccc(-n5cnnn5)c(F)c4)nccn23)CC1. The van der Waals surface area contributed by atoms with E-state index in [4.69, 9.17) is 4.74 Å². The summed E-state index contributed by atoms with van der Waals surface area (Å²) in [5.41, 5.74) is 1.26. The van der Waals surface area contributed by atoms with Gasteiger partial charge in [0.2, 0.25) is 5.65 Å². The second-order valence-corrected chi connectivity index (χ2v) is 8.27. The second-order valence-electron chi connectivity index (χ2n) is 8.27. The number of anilines is 2. The summed E-state index contributed by atoms with van der Waals surface area (Å²) in [7, 11) is 0. The zero-order chi connectivity index (χ0) is 23.7. The number of ether oxygens (including phenoxy) is 1. The number of nitrogens with one attached hydrogen (secondary N) is 1. The predicted octanol–water partition coefficient (Wildman–Crippen LogP) is 2.71. The maximum atomic E-state index is 14.6. The molecule has 13 heteroatoms. The molecule has 0 atom stereocenters. The molecule has 0 aliphatic carbocycles. The summed E-state index contributed by atoms with van der Waals surface area (Å²) in [6.45, 7) is 4.86. The largest absolute Gasteiger partial charge is 0.447 e. The molecule has 0 radical (unpaired) electrons. The lowest BCUT2D eigenvalue weighted by molar-refractivity contribution is 0.0688. The van der Waals surface area contributed by atoms with E-state index in [-0.39, 0.29) is 23.8 Å². The minimum Gasteiger partial charge on any atom is -0.447 e. The summed E-state index contributed by atoms with van der Waals surface area (Å²) in [4.78, 5) is 18.2. The Labute approximate surface area is 193 Å². The number of nitrogens with zero attached hydrogens (tertiary/aromatic N) is 9. The summed E-state index contributed by atoms with van der Waals surface area (Å²) < 4.78 is 23.0. The van der Waals surface area contributed by atoms with Crippen molar-refractivity contribution in [3.8, 4) is 5.69 Å². The molecule has 34 heavy (non-hydrogen) atoms. The minimum absolute atomic E-state index is 0.140. The summed E-state index contributed by atoms with van der Waals surface area (Å²) in [5, 5.41) is 22.6. The maximum absolute atomic E-state index is 14.6. The number of hydrogen-bond acceptors (Lipinski definition) is 9. The Kier molecular flexibility index (Phi) is 5.74. The summed E-state index contributed by atoms with van der Waals surface area (Å²) in [5.74, 6) is 0.904. The molecular formula is C21H23FN10O2. The van der Waals surface area contributed by atoms with E-state index in [0.29, 0.717) is 30.2 Å². The first-order valence-electron chi connectivity index (χ1n) is 10.9. The molecule has 1 aromatic carbocycles. The van der Waals surface area contributed by atoms with Gasteiger partial charge in [-0.25, -0.2) is 14.2 Å². The van der Waals surface area contributed by atoms with Crippen molar-refractivity contribution in [2.45, 2.75) is 38.7 Å². The number of aromatic nitrogens is 8. The molecule has 1 fully saturated rings. The van der Waals surface area contributed by atoms with Gasteiger partial charge in [0.05, 0.1) is 6.10 Å². The third kappa shape index (κ3) is 4.23. The molecule has 4 aromatic rings. The molecule has 1 aliphatic heterocycles. The van der Waals surface area contributed by atoms with Crippen molar-refractivity contribution in [1.29, 1.82) is 0 Å². The van der Waals surface area contributed by atoms with Gasteiger partial charge in [-0.3, -0.25) is 4.40 Å². The molecule has 0 bridgehead atoms. The molecule has 0 unspecified atom stereocenters. The normalized spacial score (nSPS) is 14.6. The Morgan fingerprint density at radius 3 is 2.76 bits per heavy atom. The van der Waals surface area contributed by atoms with E-state index in [9.17, 15) is 9.18 Å². The molecule has 0 saturated carbocycles. The van der Waals surface area contributed by atoms with Gasteiger partial charge in [-0.1, -0.05) is 0 Å².